The van der Waals surface area contributed by atoms with E-state index in [2.05, 4.69) is 5.32 Å². The maximum absolute atomic E-state index is 13.1. The number of methoxy groups -OCH3 is 3. The Balaban J connectivity index is 1.96. The monoisotopic (exact) mass is 375 g/mol. The molecule has 0 radical (unpaired) electrons. The van der Waals surface area contributed by atoms with E-state index in [-0.39, 0.29) is 11.9 Å². The van der Waals surface area contributed by atoms with Crippen molar-refractivity contribution in [1.82, 2.24) is 15.1 Å². The van der Waals surface area contributed by atoms with Crippen molar-refractivity contribution in [2.45, 2.75) is 12.5 Å². The van der Waals surface area contributed by atoms with Crippen LogP contribution >= 0.6 is 0 Å². The van der Waals surface area contributed by atoms with Gasteiger partial charge in [-0.25, -0.2) is 4.79 Å². The molecule has 1 atom stereocenters. The van der Waals surface area contributed by atoms with Gasteiger partial charge in [0.25, 0.3) is 5.91 Å². The molecule has 146 valence electrons. The van der Waals surface area contributed by atoms with Crippen LogP contribution in [-0.2, 0) is 9.53 Å². The summed E-state index contributed by atoms with van der Waals surface area (Å²) < 4.78 is 15.7. The number of nitrogens with one attached hydrogen (secondary N) is 1. The van der Waals surface area contributed by atoms with Crippen LogP contribution in [0.25, 0.3) is 0 Å². The molecule has 1 aromatic carbocycles. The molecule has 2 heterocycles. The standard InChI is InChI=1S/C19H25N3O5/c1-21-15-11-22(6-5-7-25-2)18(23)16(15)17(20-19(21)24)12-8-13(26-3)10-14(9-12)27-4/h8-10,17H,5-7,11H2,1-4H3,(H,20,24). The molecular weight excluding hydrogens is 350 g/mol. The summed E-state index contributed by atoms with van der Waals surface area (Å²) in [6.07, 6.45) is 0.742. The van der Waals surface area contributed by atoms with E-state index >= 15 is 0 Å². The van der Waals surface area contributed by atoms with Crippen molar-refractivity contribution in [2.75, 3.05) is 48.1 Å². The first-order valence-electron chi connectivity index (χ1n) is 8.78. The summed E-state index contributed by atoms with van der Waals surface area (Å²) in [6, 6.07) is 4.58. The zero-order chi connectivity index (χ0) is 19.6. The van der Waals surface area contributed by atoms with E-state index in [9.17, 15) is 9.59 Å². The zero-order valence-corrected chi connectivity index (χ0v) is 16.1. The Labute approximate surface area is 158 Å². The number of benzene rings is 1. The first-order valence-corrected chi connectivity index (χ1v) is 8.78. The van der Waals surface area contributed by atoms with Crippen molar-refractivity contribution in [2.24, 2.45) is 0 Å². The van der Waals surface area contributed by atoms with Crippen LogP contribution in [-0.4, -0.2) is 69.8 Å². The lowest BCUT2D eigenvalue weighted by Gasteiger charge is -2.31. The van der Waals surface area contributed by atoms with Gasteiger partial charge in [0.15, 0.2) is 0 Å². The van der Waals surface area contributed by atoms with Gasteiger partial charge < -0.3 is 24.4 Å². The molecule has 27 heavy (non-hydrogen) atoms. The fourth-order valence-electron chi connectivity index (χ4n) is 3.45. The highest BCUT2D eigenvalue weighted by molar-refractivity contribution is 6.01. The van der Waals surface area contributed by atoms with Gasteiger partial charge in [0.1, 0.15) is 11.5 Å². The Morgan fingerprint density at radius 3 is 2.37 bits per heavy atom. The van der Waals surface area contributed by atoms with Crippen molar-refractivity contribution in [3.63, 3.8) is 0 Å². The van der Waals surface area contributed by atoms with E-state index in [1.807, 2.05) is 12.1 Å². The van der Waals surface area contributed by atoms with Crippen molar-refractivity contribution in [3.8, 4) is 11.5 Å². The van der Waals surface area contributed by atoms with Gasteiger partial charge in [-0.2, -0.15) is 0 Å². The number of hydrogen-bond acceptors (Lipinski definition) is 5. The molecule has 0 saturated carbocycles. The van der Waals surface area contributed by atoms with Crippen molar-refractivity contribution in [1.29, 1.82) is 0 Å². The number of nitrogens with zero attached hydrogens (tertiary/aromatic N) is 2. The third kappa shape index (κ3) is 3.57. The number of rotatable bonds is 7. The molecule has 0 fully saturated rings. The average Bonchev–Trinajstić information content (AvgIpc) is 3.01. The summed E-state index contributed by atoms with van der Waals surface area (Å²) in [6.45, 7) is 1.58. The van der Waals surface area contributed by atoms with Gasteiger partial charge in [0.05, 0.1) is 38.1 Å². The molecule has 1 N–H and O–H groups in total. The lowest BCUT2D eigenvalue weighted by molar-refractivity contribution is -0.125. The number of carbonyl (C=O) groups excluding carboxylic acids is 2. The summed E-state index contributed by atoms with van der Waals surface area (Å²) in [5, 5.41) is 2.92. The second kappa shape index (κ2) is 7.87. The zero-order valence-electron chi connectivity index (χ0n) is 16.1. The third-order valence-electron chi connectivity index (χ3n) is 4.92. The summed E-state index contributed by atoms with van der Waals surface area (Å²) in [4.78, 5) is 28.8. The summed E-state index contributed by atoms with van der Waals surface area (Å²) in [5.74, 6) is 1.13. The molecule has 1 unspecified atom stereocenters. The van der Waals surface area contributed by atoms with E-state index < -0.39 is 6.04 Å². The van der Waals surface area contributed by atoms with Crippen LogP contribution in [0.5, 0.6) is 11.5 Å². The van der Waals surface area contributed by atoms with Crippen LogP contribution < -0.4 is 14.8 Å². The largest absolute Gasteiger partial charge is 0.497 e. The molecule has 2 aliphatic rings. The quantitative estimate of drug-likeness (QED) is 0.731. The Kier molecular flexibility index (Phi) is 5.55. The molecule has 2 aliphatic heterocycles. The highest BCUT2D eigenvalue weighted by atomic mass is 16.5. The number of hydrogen-bond donors (Lipinski definition) is 1. The predicted molar refractivity (Wildman–Crippen MR) is 98.7 cm³/mol. The molecule has 3 amide bonds. The fraction of sp³-hybridized carbons (Fsp3) is 0.474. The van der Waals surface area contributed by atoms with Gasteiger partial charge in [0.2, 0.25) is 0 Å². The van der Waals surface area contributed by atoms with Gasteiger partial charge in [-0.05, 0) is 24.1 Å². The lowest BCUT2D eigenvalue weighted by Crippen LogP contribution is -2.45. The SMILES string of the molecule is COCCCN1CC2=C(C1=O)C(c1cc(OC)cc(OC)c1)NC(=O)N2C. The van der Waals surface area contributed by atoms with Crippen LogP contribution in [0.4, 0.5) is 4.79 Å². The van der Waals surface area contributed by atoms with Gasteiger partial charge >= 0.3 is 6.03 Å². The van der Waals surface area contributed by atoms with E-state index in [0.29, 0.717) is 36.8 Å². The van der Waals surface area contributed by atoms with Crippen molar-refractivity contribution in [3.05, 3.63) is 35.0 Å². The molecular formula is C19H25N3O5. The highest BCUT2D eigenvalue weighted by Gasteiger charge is 2.42. The Morgan fingerprint density at radius 2 is 1.78 bits per heavy atom. The van der Waals surface area contributed by atoms with Gasteiger partial charge in [-0.15, -0.1) is 0 Å². The molecule has 0 aromatic heterocycles. The Morgan fingerprint density at radius 1 is 1.11 bits per heavy atom. The molecule has 8 heteroatoms. The molecule has 0 spiro atoms. The average molecular weight is 375 g/mol. The second-order valence-corrected chi connectivity index (χ2v) is 6.52. The third-order valence-corrected chi connectivity index (χ3v) is 4.92. The number of carbonyl (C=O) groups is 2. The predicted octanol–water partition coefficient (Wildman–Crippen LogP) is 1.53. The molecule has 0 saturated heterocycles. The first-order chi connectivity index (χ1) is 13.0. The minimum Gasteiger partial charge on any atom is -0.497 e. The summed E-state index contributed by atoms with van der Waals surface area (Å²) in [5.41, 5.74) is 2.06. The van der Waals surface area contributed by atoms with E-state index in [0.717, 1.165) is 17.7 Å². The molecule has 3 rings (SSSR count). The minimum absolute atomic E-state index is 0.0697. The smallest absolute Gasteiger partial charge is 0.322 e. The number of urea groups is 1. The van der Waals surface area contributed by atoms with Crippen molar-refractivity contribution < 1.29 is 23.8 Å². The van der Waals surface area contributed by atoms with Crippen LogP contribution in [0.2, 0.25) is 0 Å². The van der Waals surface area contributed by atoms with Crippen LogP contribution in [0.1, 0.15) is 18.0 Å². The van der Waals surface area contributed by atoms with E-state index in [1.54, 1.807) is 39.3 Å². The topological polar surface area (TPSA) is 80.3 Å². The fourth-order valence-corrected chi connectivity index (χ4v) is 3.45. The van der Waals surface area contributed by atoms with Crippen LogP contribution in [0.3, 0.4) is 0 Å². The maximum Gasteiger partial charge on any atom is 0.322 e. The molecule has 0 bridgehead atoms. The first kappa shape index (κ1) is 19.0. The normalized spacial score (nSPS) is 19.3. The van der Waals surface area contributed by atoms with Gasteiger partial charge in [0, 0.05) is 33.4 Å². The van der Waals surface area contributed by atoms with Crippen molar-refractivity contribution >= 4 is 11.9 Å². The summed E-state index contributed by atoms with van der Waals surface area (Å²) >= 11 is 0. The molecule has 8 nitrogen and oxygen atoms in total. The Hall–Kier alpha value is -2.74. The van der Waals surface area contributed by atoms with Gasteiger partial charge in [-0.1, -0.05) is 0 Å². The number of amides is 3. The highest BCUT2D eigenvalue weighted by Crippen LogP contribution is 2.38. The lowest BCUT2D eigenvalue weighted by atomic mass is 9.95. The van der Waals surface area contributed by atoms with Crippen LogP contribution in [0.15, 0.2) is 29.5 Å². The number of ether oxygens (including phenoxy) is 3. The van der Waals surface area contributed by atoms with E-state index in [4.69, 9.17) is 14.2 Å². The second-order valence-electron chi connectivity index (χ2n) is 6.52. The molecule has 0 aliphatic carbocycles. The molecule has 1 aromatic rings. The summed E-state index contributed by atoms with van der Waals surface area (Å²) in [7, 11) is 6.44. The van der Waals surface area contributed by atoms with Crippen LogP contribution in [0, 0.1) is 0 Å². The maximum atomic E-state index is 13.1. The minimum atomic E-state index is -0.548. The van der Waals surface area contributed by atoms with E-state index in [1.165, 1.54) is 4.90 Å². The Bertz CT molecular complexity index is 754. The van der Waals surface area contributed by atoms with Gasteiger partial charge in [-0.3, -0.25) is 9.69 Å². The number of likely N-dealkylation sites (N-methyl/N-ethyl adjacent to an activating group) is 1.